The fraction of sp³-hybridized carbons (Fsp3) is 0.950. The highest BCUT2D eigenvalue weighted by atomic mass is 16.5. The fourth-order valence-corrected chi connectivity index (χ4v) is 4.63. The summed E-state index contributed by atoms with van der Waals surface area (Å²) in [5.41, 5.74) is -0.324. The Kier molecular flexibility index (Phi) is 5.94. The third kappa shape index (κ3) is 5.10. The predicted octanol–water partition coefficient (Wildman–Crippen LogP) is 3.97. The van der Waals surface area contributed by atoms with Crippen LogP contribution in [0.2, 0.25) is 0 Å². The highest BCUT2D eigenvalue weighted by Crippen LogP contribution is 2.33. The average Bonchev–Trinajstić information content (AvgIpc) is 3.37. The summed E-state index contributed by atoms with van der Waals surface area (Å²) in [7, 11) is 0. The van der Waals surface area contributed by atoms with Gasteiger partial charge in [-0.3, -0.25) is 0 Å². The number of ether oxygens (including phenoxy) is 1. The number of nitrogens with zero attached hydrogens (tertiary/aromatic N) is 2. The number of carbonyl (C=O) groups is 1. The molecule has 0 radical (unpaired) electrons. The molecule has 0 unspecified atom stereocenters. The van der Waals surface area contributed by atoms with E-state index in [1.165, 1.54) is 38.5 Å². The molecule has 5 nitrogen and oxygen atoms in total. The summed E-state index contributed by atoms with van der Waals surface area (Å²) in [4.78, 5) is 16.0. The molecule has 0 aromatic carbocycles. The first-order valence-corrected chi connectivity index (χ1v) is 10.2. The maximum absolute atomic E-state index is 11.7. The molecule has 1 heterocycles. The van der Waals surface area contributed by atoms with Gasteiger partial charge in [0.15, 0.2) is 0 Å². The molecule has 2 aliphatic carbocycles. The van der Waals surface area contributed by atoms with Crippen LogP contribution in [0.4, 0.5) is 4.79 Å². The Balaban J connectivity index is 1.42. The van der Waals surface area contributed by atoms with Crippen molar-refractivity contribution in [3.05, 3.63) is 0 Å². The van der Waals surface area contributed by atoms with E-state index in [1.54, 1.807) is 4.90 Å². The van der Waals surface area contributed by atoms with E-state index in [0.717, 1.165) is 38.5 Å². The molecular weight excluding hydrogens is 316 g/mol. The van der Waals surface area contributed by atoms with Crippen molar-refractivity contribution in [3.63, 3.8) is 0 Å². The standard InChI is InChI=1S/C20H36N2O3/c1-20(2,3)22(19(23)24)17-10-12-21(13-11-17)16-6-8-18(9-7-16)25-14-15-4-5-15/h15-18H,4-14H2,1-3H3,(H,23,24). The minimum Gasteiger partial charge on any atom is -0.465 e. The van der Waals surface area contributed by atoms with Crippen molar-refractivity contribution in [2.75, 3.05) is 19.7 Å². The van der Waals surface area contributed by atoms with Crippen molar-refractivity contribution in [2.24, 2.45) is 5.92 Å². The van der Waals surface area contributed by atoms with E-state index in [-0.39, 0.29) is 11.6 Å². The third-order valence-electron chi connectivity index (χ3n) is 6.22. The number of hydrogen-bond acceptors (Lipinski definition) is 3. The van der Waals surface area contributed by atoms with Crippen LogP contribution in [0.3, 0.4) is 0 Å². The van der Waals surface area contributed by atoms with Crippen LogP contribution in [0.5, 0.6) is 0 Å². The molecule has 3 rings (SSSR count). The molecule has 1 N–H and O–H groups in total. The van der Waals surface area contributed by atoms with Crippen LogP contribution in [0.25, 0.3) is 0 Å². The summed E-state index contributed by atoms with van der Waals surface area (Å²) >= 11 is 0. The first-order chi connectivity index (χ1) is 11.8. The van der Waals surface area contributed by atoms with E-state index in [9.17, 15) is 9.90 Å². The lowest BCUT2D eigenvalue weighted by Crippen LogP contribution is -2.56. The number of amides is 1. The van der Waals surface area contributed by atoms with Crippen LogP contribution in [-0.4, -0.2) is 64.4 Å². The van der Waals surface area contributed by atoms with E-state index >= 15 is 0 Å². The zero-order valence-electron chi connectivity index (χ0n) is 16.2. The lowest BCUT2D eigenvalue weighted by Gasteiger charge is -2.46. The summed E-state index contributed by atoms with van der Waals surface area (Å²) in [5.74, 6) is 0.858. The molecule has 25 heavy (non-hydrogen) atoms. The highest BCUT2D eigenvalue weighted by molar-refractivity contribution is 5.66. The molecule has 1 aliphatic heterocycles. The first-order valence-electron chi connectivity index (χ1n) is 10.2. The smallest absolute Gasteiger partial charge is 0.407 e. The maximum atomic E-state index is 11.7. The van der Waals surface area contributed by atoms with Gasteiger partial charge in [0, 0.05) is 37.3 Å². The minimum absolute atomic E-state index is 0.159. The van der Waals surface area contributed by atoms with Gasteiger partial charge >= 0.3 is 6.09 Å². The van der Waals surface area contributed by atoms with Gasteiger partial charge in [-0.1, -0.05) is 0 Å². The topological polar surface area (TPSA) is 53.0 Å². The normalized spacial score (nSPS) is 29.6. The summed E-state index contributed by atoms with van der Waals surface area (Å²) in [5, 5.41) is 9.60. The Bertz CT molecular complexity index is 442. The largest absolute Gasteiger partial charge is 0.465 e. The van der Waals surface area contributed by atoms with E-state index in [4.69, 9.17) is 4.74 Å². The molecule has 0 spiro atoms. The van der Waals surface area contributed by atoms with Crippen LogP contribution < -0.4 is 0 Å². The van der Waals surface area contributed by atoms with Crippen LogP contribution in [0, 0.1) is 5.92 Å². The van der Waals surface area contributed by atoms with Crippen molar-refractivity contribution < 1.29 is 14.6 Å². The number of likely N-dealkylation sites (tertiary alicyclic amines) is 1. The zero-order valence-corrected chi connectivity index (χ0v) is 16.2. The van der Waals surface area contributed by atoms with Gasteiger partial charge in [-0.25, -0.2) is 4.79 Å². The van der Waals surface area contributed by atoms with Gasteiger partial charge in [0.2, 0.25) is 0 Å². The highest BCUT2D eigenvalue weighted by Gasteiger charge is 2.37. The van der Waals surface area contributed by atoms with E-state index in [2.05, 4.69) is 4.90 Å². The Labute approximate surface area is 152 Å². The van der Waals surface area contributed by atoms with Crippen LogP contribution >= 0.6 is 0 Å². The lowest BCUT2D eigenvalue weighted by molar-refractivity contribution is -0.00956. The van der Waals surface area contributed by atoms with E-state index < -0.39 is 6.09 Å². The first kappa shape index (κ1) is 19.0. The molecule has 0 bridgehead atoms. The Morgan fingerprint density at radius 1 is 1.04 bits per heavy atom. The second-order valence-corrected chi connectivity index (χ2v) is 9.30. The predicted molar refractivity (Wildman–Crippen MR) is 98.9 cm³/mol. The number of rotatable bonds is 5. The Morgan fingerprint density at radius 3 is 2.12 bits per heavy atom. The number of carboxylic acid groups (broad SMARTS) is 1. The molecule has 3 fully saturated rings. The van der Waals surface area contributed by atoms with Gasteiger partial charge in [0.05, 0.1) is 6.10 Å². The maximum Gasteiger partial charge on any atom is 0.407 e. The van der Waals surface area contributed by atoms with Crippen molar-refractivity contribution in [1.29, 1.82) is 0 Å². The van der Waals surface area contributed by atoms with Crippen molar-refractivity contribution in [1.82, 2.24) is 9.80 Å². The second-order valence-electron chi connectivity index (χ2n) is 9.30. The minimum atomic E-state index is -0.778. The molecule has 0 atom stereocenters. The Morgan fingerprint density at radius 2 is 1.64 bits per heavy atom. The van der Waals surface area contributed by atoms with Crippen LogP contribution in [0.15, 0.2) is 0 Å². The van der Waals surface area contributed by atoms with Gasteiger partial charge in [-0.15, -0.1) is 0 Å². The summed E-state index contributed by atoms with van der Waals surface area (Å²) in [6, 6.07) is 0.835. The van der Waals surface area contributed by atoms with Gasteiger partial charge in [-0.05, 0) is 78.1 Å². The van der Waals surface area contributed by atoms with Gasteiger partial charge in [0.25, 0.3) is 0 Å². The van der Waals surface area contributed by atoms with Crippen molar-refractivity contribution >= 4 is 6.09 Å². The van der Waals surface area contributed by atoms with Crippen LogP contribution in [0.1, 0.15) is 72.1 Å². The van der Waals surface area contributed by atoms with E-state index in [1.807, 2.05) is 20.8 Å². The summed E-state index contributed by atoms with van der Waals surface area (Å²) < 4.78 is 6.06. The molecule has 3 aliphatic rings. The fourth-order valence-electron chi connectivity index (χ4n) is 4.63. The molecule has 1 amide bonds. The number of hydrogen-bond donors (Lipinski definition) is 1. The Hall–Kier alpha value is -0.810. The van der Waals surface area contributed by atoms with Gasteiger partial charge < -0.3 is 19.6 Å². The van der Waals surface area contributed by atoms with Crippen molar-refractivity contribution in [3.8, 4) is 0 Å². The monoisotopic (exact) mass is 352 g/mol. The summed E-state index contributed by atoms with van der Waals surface area (Å²) in [6.45, 7) is 9.04. The SMILES string of the molecule is CC(C)(C)N(C(=O)O)C1CCN(C2CCC(OCC3CC3)CC2)CC1. The summed E-state index contributed by atoms with van der Waals surface area (Å²) in [6.07, 6.45) is 9.23. The molecule has 0 aromatic heterocycles. The third-order valence-corrected chi connectivity index (χ3v) is 6.22. The molecule has 2 saturated carbocycles. The van der Waals surface area contributed by atoms with Gasteiger partial charge in [0.1, 0.15) is 0 Å². The molecule has 144 valence electrons. The van der Waals surface area contributed by atoms with Crippen molar-refractivity contribution in [2.45, 2.75) is 95.9 Å². The van der Waals surface area contributed by atoms with Crippen LogP contribution in [-0.2, 0) is 4.74 Å². The lowest BCUT2D eigenvalue weighted by atomic mass is 9.89. The quantitative estimate of drug-likeness (QED) is 0.813. The molecule has 0 aromatic rings. The van der Waals surface area contributed by atoms with E-state index in [0.29, 0.717) is 12.1 Å². The van der Waals surface area contributed by atoms with Gasteiger partial charge in [-0.2, -0.15) is 0 Å². The second kappa shape index (κ2) is 7.83. The molecule has 1 saturated heterocycles. The zero-order chi connectivity index (χ0) is 18.0. The number of piperidine rings is 1. The average molecular weight is 353 g/mol. The molecular formula is C20H36N2O3. The molecule has 5 heteroatoms.